The minimum atomic E-state index is -4.30. The van der Waals surface area contributed by atoms with Gasteiger partial charge in [0, 0.05) is 30.6 Å². The molecule has 4 aromatic rings. The summed E-state index contributed by atoms with van der Waals surface area (Å²) in [6.07, 6.45) is 0.229. The Bertz CT molecular complexity index is 1730. The first-order valence-electron chi connectivity index (χ1n) is 14.2. The van der Waals surface area contributed by atoms with Crippen LogP contribution in [0.5, 0.6) is 11.5 Å². The molecule has 0 saturated carbocycles. The number of ether oxygens (including phenoxy) is 2. The average Bonchev–Trinajstić information content (AvgIpc) is 3.05. The molecule has 0 spiro atoms. The monoisotopic (exact) mass is 693 g/mol. The number of likely N-dealkylation sites (N-methyl/N-ethyl adjacent to an activating group) is 1. The number of rotatable bonds is 13. The summed E-state index contributed by atoms with van der Waals surface area (Å²) in [4.78, 5) is 29.2. The smallest absolute Gasteiger partial charge is 0.264 e. The maximum Gasteiger partial charge on any atom is 0.264 e. The Labute approximate surface area is 273 Å². The molecule has 4 aromatic carbocycles. The Balaban J connectivity index is 1.81. The highest BCUT2D eigenvalue weighted by Crippen LogP contribution is 2.32. The van der Waals surface area contributed by atoms with Crippen LogP contribution in [-0.4, -0.2) is 59.0 Å². The van der Waals surface area contributed by atoms with Crippen molar-refractivity contribution in [1.29, 1.82) is 0 Å². The number of methoxy groups -OCH3 is 2. The largest absolute Gasteiger partial charge is 0.493 e. The van der Waals surface area contributed by atoms with Crippen LogP contribution in [0.4, 0.5) is 5.69 Å². The molecule has 45 heavy (non-hydrogen) atoms. The molecule has 0 aliphatic rings. The van der Waals surface area contributed by atoms with E-state index in [1.807, 2.05) is 61.5 Å². The number of sulfonamides is 1. The van der Waals surface area contributed by atoms with Gasteiger partial charge in [0.25, 0.3) is 10.0 Å². The van der Waals surface area contributed by atoms with E-state index in [2.05, 4.69) is 21.2 Å². The summed E-state index contributed by atoms with van der Waals surface area (Å²) in [5.41, 5.74) is 2.84. The Morgan fingerprint density at radius 3 is 2.13 bits per heavy atom. The maximum atomic E-state index is 14.4. The van der Waals surface area contributed by atoms with E-state index >= 15 is 0 Å². The van der Waals surface area contributed by atoms with Crippen LogP contribution in [0.15, 0.2) is 106 Å². The summed E-state index contributed by atoms with van der Waals surface area (Å²) in [6.45, 7) is 1.40. The zero-order chi connectivity index (χ0) is 32.6. The van der Waals surface area contributed by atoms with E-state index in [1.54, 1.807) is 24.3 Å². The van der Waals surface area contributed by atoms with Crippen LogP contribution in [-0.2, 0) is 32.6 Å². The van der Waals surface area contributed by atoms with E-state index in [0.717, 1.165) is 25.5 Å². The highest BCUT2D eigenvalue weighted by Gasteiger charge is 2.34. The molecule has 0 aromatic heterocycles. The molecule has 11 heteroatoms. The van der Waals surface area contributed by atoms with Crippen LogP contribution >= 0.6 is 15.9 Å². The normalized spacial score (nSPS) is 11.8. The quantitative estimate of drug-likeness (QED) is 0.202. The van der Waals surface area contributed by atoms with Crippen LogP contribution in [0.1, 0.15) is 16.7 Å². The van der Waals surface area contributed by atoms with Crippen LogP contribution in [0, 0.1) is 6.92 Å². The predicted octanol–water partition coefficient (Wildman–Crippen LogP) is 5.36. The molecule has 0 heterocycles. The molecule has 0 bridgehead atoms. The predicted molar refractivity (Wildman–Crippen MR) is 178 cm³/mol. The molecular weight excluding hydrogens is 658 g/mol. The third-order valence-electron chi connectivity index (χ3n) is 7.30. The SMILES string of the molecule is CNC(=O)[C@@H](Cc1ccccc1)N(Cc1cccc(Br)c1)C(=O)CN(c1ccc(C)cc1)S(=O)(=O)c1ccc(OC)c(OC)c1. The van der Waals surface area contributed by atoms with Gasteiger partial charge in [0.1, 0.15) is 12.6 Å². The second-order valence-corrected chi connectivity index (χ2v) is 13.1. The van der Waals surface area contributed by atoms with Crippen LogP contribution in [0.2, 0.25) is 0 Å². The van der Waals surface area contributed by atoms with Crippen LogP contribution in [0.3, 0.4) is 0 Å². The lowest BCUT2D eigenvalue weighted by Gasteiger charge is -2.33. The van der Waals surface area contributed by atoms with E-state index in [0.29, 0.717) is 11.4 Å². The van der Waals surface area contributed by atoms with Crippen molar-refractivity contribution in [3.8, 4) is 11.5 Å². The molecule has 2 amide bonds. The lowest BCUT2D eigenvalue weighted by atomic mass is 10.0. The number of anilines is 1. The van der Waals surface area contributed by atoms with E-state index in [4.69, 9.17) is 9.47 Å². The molecule has 236 valence electrons. The Hall–Kier alpha value is -4.35. The molecule has 9 nitrogen and oxygen atoms in total. The summed E-state index contributed by atoms with van der Waals surface area (Å²) in [6, 6.07) is 27.0. The Morgan fingerprint density at radius 2 is 1.51 bits per heavy atom. The highest BCUT2D eigenvalue weighted by molar-refractivity contribution is 9.10. The van der Waals surface area contributed by atoms with Gasteiger partial charge in [-0.05, 0) is 54.4 Å². The topological polar surface area (TPSA) is 105 Å². The van der Waals surface area contributed by atoms with Crippen molar-refractivity contribution in [2.45, 2.75) is 30.8 Å². The molecule has 0 unspecified atom stereocenters. The van der Waals surface area contributed by atoms with E-state index in [9.17, 15) is 18.0 Å². The molecule has 0 aliphatic carbocycles. The zero-order valence-corrected chi connectivity index (χ0v) is 28.0. The minimum Gasteiger partial charge on any atom is -0.493 e. The van der Waals surface area contributed by atoms with Crippen molar-refractivity contribution in [1.82, 2.24) is 10.2 Å². The molecule has 0 saturated heterocycles. The van der Waals surface area contributed by atoms with E-state index in [-0.39, 0.29) is 29.5 Å². The molecule has 0 fully saturated rings. The van der Waals surface area contributed by atoms with Crippen LogP contribution in [0.25, 0.3) is 0 Å². The summed E-state index contributed by atoms with van der Waals surface area (Å²) in [7, 11) is 0.0927. The van der Waals surface area contributed by atoms with Gasteiger partial charge in [0.2, 0.25) is 11.8 Å². The van der Waals surface area contributed by atoms with Gasteiger partial charge in [0.05, 0.1) is 24.8 Å². The van der Waals surface area contributed by atoms with E-state index in [1.165, 1.54) is 44.4 Å². The van der Waals surface area contributed by atoms with Crippen molar-refractivity contribution in [3.05, 3.63) is 118 Å². The number of carbonyl (C=O) groups is 2. The summed E-state index contributed by atoms with van der Waals surface area (Å²) in [5, 5.41) is 2.69. The van der Waals surface area contributed by atoms with Gasteiger partial charge >= 0.3 is 0 Å². The number of benzene rings is 4. The summed E-state index contributed by atoms with van der Waals surface area (Å²) >= 11 is 3.48. The van der Waals surface area contributed by atoms with Crippen molar-refractivity contribution < 1.29 is 27.5 Å². The van der Waals surface area contributed by atoms with Gasteiger partial charge in [-0.2, -0.15) is 0 Å². The fraction of sp³-hybridized carbons (Fsp3) is 0.235. The highest BCUT2D eigenvalue weighted by atomic mass is 79.9. The van der Waals surface area contributed by atoms with Gasteiger partial charge < -0.3 is 19.7 Å². The molecule has 1 atom stereocenters. The number of aryl methyl sites for hydroxylation is 1. The van der Waals surface area contributed by atoms with Gasteiger partial charge in [0.15, 0.2) is 11.5 Å². The Kier molecular flexibility index (Phi) is 11.2. The number of hydrogen-bond donors (Lipinski definition) is 1. The minimum absolute atomic E-state index is 0.0708. The Morgan fingerprint density at radius 1 is 0.844 bits per heavy atom. The van der Waals surface area contributed by atoms with Gasteiger partial charge in [-0.15, -0.1) is 0 Å². The number of nitrogens with zero attached hydrogens (tertiary/aromatic N) is 2. The molecular formula is C34H36BrN3O6S. The number of carbonyl (C=O) groups excluding carboxylic acids is 2. The van der Waals surface area contributed by atoms with Gasteiger partial charge in [-0.3, -0.25) is 13.9 Å². The van der Waals surface area contributed by atoms with Crippen molar-refractivity contribution in [2.75, 3.05) is 32.1 Å². The zero-order valence-electron chi connectivity index (χ0n) is 25.6. The fourth-order valence-corrected chi connectivity index (χ4v) is 6.77. The number of halogens is 1. The molecule has 0 radical (unpaired) electrons. The van der Waals surface area contributed by atoms with E-state index < -0.39 is 28.5 Å². The standard InChI is InChI=1S/C34H36BrN3O6S/c1-24-13-15-28(16-14-24)38(45(41,42)29-17-18-31(43-3)32(21-29)44-4)23-33(39)37(22-26-11-8-12-27(35)19-26)30(34(40)36-2)20-25-9-6-5-7-10-25/h5-19,21,30H,20,22-23H2,1-4H3,(H,36,40)/t30-/m1/s1. The maximum absolute atomic E-state index is 14.4. The van der Waals surface area contributed by atoms with Crippen molar-refractivity contribution >= 4 is 43.5 Å². The first kappa shape index (κ1) is 33.5. The lowest BCUT2D eigenvalue weighted by molar-refractivity contribution is -0.139. The fourth-order valence-electron chi connectivity index (χ4n) is 4.90. The van der Waals surface area contributed by atoms with Crippen molar-refractivity contribution in [2.24, 2.45) is 0 Å². The molecule has 4 rings (SSSR count). The van der Waals surface area contributed by atoms with Crippen molar-refractivity contribution in [3.63, 3.8) is 0 Å². The number of hydrogen-bond acceptors (Lipinski definition) is 6. The summed E-state index contributed by atoms with van der Waals surface area (Å²) < 4.78 is 41.1. The van der Waals surface area contributed by atoms with Crippen LogP contribution < -0.4 is 19.1 Å². The third kappa shape index (κ3) is 8.23. The average molecular weight is 695 g/mol. The second-order valence-electron chi connectivity index (χ2n) is 10.3. The lowest BCUT2D eigenvalue weighted by Crippen LogP contribution is -2.53. The molecule has 1 N–H and O–H groups in total. The second kappa shape index (κ2) is 15.1. The number of nitrogens with one attached hydrogen (secondary N) is 1. The first-order chi connectivity index (χ1) is 21.6. The van der Waals surface area contributed by atoms with Gasteiger partial charge in [-0.25, -0.2) is 8.42 Å². The first-order valence-corrected chi connectivity index (χ1v) is 16.4. The molecule has 0 aliphatic heterocycles. The third-order valence-corrected chi connectivity index (χ3v) is 9.57. The number of amides is 2. The van der Waals surface area contributed by atoms with Gasteiger partial charge in [-0.1, -0.05) is 76.1 Å². The summed E-state index contributed by atoms with van der Waals surface area (Å²) in [5.74, 6) is -0.326.